The molecule has 0 saturated carbocycles. The van der Waals surface area contributed by atoms with E-state index in [-0.39, 0.29) is 5.97 Å². The van der Waals surface area contributed by atoms with Gasteiger partial charge in [0.05, 0.1) is 0 Å². The van der Waals surface area contributed by atoms with Gasteiger partial charge in [-0.3, -0.25) is 4.79 Å². The van der Waals surface area contributed by atoms with E-state index in [1.807, 2.05) is 45.9 Å². The van der Waals surface area contributed by atoms with Gasteiger partial charge in [0, 0.05) is 13.2 Å². The first-order chi connectivity index (χ1) is 9.02. The maximum Gasteiger partial charge on any atom is 0.338 e. The van der Waals surface area contributed by atoms with E-state index in [4.69, 9.17) is 13.6 Å². The van der Waals surface area contributed by atoms with Gasteiger partial charge >= 0.3 is 15.3 Å². The molecule has 0 spiro atoms. The first-order valence-electron chi connectivity index (χ1n) is 6.52. The highest BCUT2D eigenvalue weighted by molar-refractivity contribution is 6.54. The fourth-order valence-electron chi connectivity index (χ4n) is 1.59. The maximum atomic E-state index is 12.3. The molecule has 0 bridgehead atoms. The van der Waals surface area contributed by atoms with Crippen LogP contribution in [0.3, 0.4) is 0 Å². The lowest BCUT2D eigenvalue weighted by Crippen LogP contribution is -2.42. The first-order valence-corrected chi connectivity index (χ1v) is 8.04. The van der Waals surface area contributed by atoms with Crippen LogP contribution >= 0.6 is 0 Å². The van der Waals surface area contributed by atoms with Gasteiger partial charge in [-0.1, -0.05) is 18.2 Å². The fourth-order valence-corrected chi connectivity index (χ4v) is 3.38. The average molecular weight is 282 g/mol. The molecule has 4 nitrogen and oxygen atoms in total. The molecule has 0 fully saturated rings. The van der Waals surface area contributed by atoms with Crippen molar-refractivity contribution in [3.8, 4) is 5.75 Å². The molecule has 0 aliphatic carbocycles. The molecule has 0 aliphatic rings. The van der Waals surface area contributed by atoms with E-state index in [0.29, 0.717) is 19.0 Å². The summed E-state index contributed by atoms with van der Waals surface area (Å²) in [5.74, 6) is 0.235. The van der Waals surface area contributed by atoms with Crippen molar-refractivity contribution in [1.82, 2.24) is 0 Å². The summed E-state index contributed by atoms with van der Waals surface area (Å²) in [6.45, 7) is 8.52. The van der Waals surface area contributed by atoms with Crippen LogP contribution in [0.1, 0.15) is 27.7 Å². The van der Waals surface area contributed by atoms with Crippen LogP contribution in [0.4, 0.5) is 0 Å². The summed E-state index contributed by atoms with van der Waals surface area (Å²) >= 11 is 0. The standard InChI is InChI=1S/C14H22O4Si/c1-5-16-19(17-6-2)14(3,4)13(15)18-12-10-8-7-9-11-12/h7-11,19H,5-6H2,1-4H3. The number of ether oxygens (including phenoxy) is 1. The Bertz CT molecular complexity index is 386. The van der Waals surface area contributed by atoms with Crippen LogP contribution in [0, 0.1) is 0 Å². The van der Waals surface area contributed by atoms with Crippen molar-refractivity contribution in [1.29, 1.82) is 0 Å². The zero-order valence-corrected chi connectivity index (χ0v) is 13.2. The number of benzene rings is 1. The molecule has 1 rings (SSSR count). The van der Waals surface area contributed by atoms with Gasteiger partial charge in [0.25, 0.3) is 0 Å². The van der Waals surface area contributed by atoms with Crippen molar-refractivity contribution in [3.05, 3.63) is 30.3 Å². The molecule has 0 radical (unpaired) electrons. The van der Waals surface area contributed by atoms with Gasteiger partial charge in [-0.15, -0.1) is 0 Å². The second kappa shape index (κ2) is 7.42. The van der Waals surface area contributed by atoms with E-state index in [1.54, 1.807) is 12.1 Å². The minimum Gasteiger partial charge on any atom is -0.426 e. The van der Waals surface area contributed by atoms with Crippen LogP contribution in [0.2, 0.25) is 5.04 Å². The number of para-hydroxylation sites is 1. The predicted molar refractivity (Wildman–Crippen MR) is 76.5 cm³/mol. The molecule has 0 aliphatic heterocycles. The molecule has 0 aromatic heterocycles. The van der Waals surface area contributed by atoms with Crippen LogP contribution in [0.15, 0.2) is 30.3 Å². The molecule has 0 saturated heterocycles. The average Bonchev–Trinajstić information content (AvgIpc) is 2.39. The van der Waals surface area contributed by atoms with Crippen molar-refractivity contribution in [3.63, 3.8) is 0 Å². The highest BCUT2D eigenvalue weighted by atomic mass is 28.3. The Balaban J connectivity index is 2.76. The minimum absolute atomic E-state index is 0.308. The van der Waals surface area contributed by atoms with Gasteiger partial charge in [-0.2, -0.15) is 0 Å². The van der Waals surface area contributed by atoms with Crippen LogP contribution in [-0.4, -0.2) is 28.5 Å². The molecule has 106 valence electrons. The second-order valence-corrected chi connectivity index (χ2v) is 7.44. The van der Waals surface area contributed by atoms with Crippen LogP contribution in [-0.2, 0) is 13.6 Å². The van der Waals surface area contributed by atoms with Gasteiger partial charge < -0.3 is 13.6 Å². The summed E-state index contributed by atoms with van der Waals surface area (Å²) < 4.78 is 16.6. The zero-order chi connectivity index (χ0) is 14.3. The van der Waals surface area contributed by atoms with Gasteiger partial charge in [0.15, 0.2) is 0 Å². The SMILES string of the molecule is CCO[SiH](OCC)C(C)(C)C(=O)Oc1ccccc1. The number of esters is 1. The Labute approximate surface area is 116 Å². The summed E-state index contributed by atoms with van der Waals surface area (Å²) in [6, 6.07) is 9.05. The third kappa shape index (κ3) is 4.45. The van der Waals surface area contributed by atoms with E-state index in [1.165, 1.54) is 0 Å². The van der Waals surface area contributed by atoms with Crippen LogP contribution in [0.25, 0.3) is 0 Å². The number of hydrogen-bond acceptors (Lipinski definition) is 4. The molecule has 1 aromatic carbocycles. The highest BCUT2D eigenvalue weighted by Crippen LogP contribution is 2.32. The molecule has 0 amide bonds. The Kier molecular flexibility index (Phi) is 6.21. The number of hydrogen-bond donors (Lipinski definition) is 0. The van der Waals surface area contributed by atoms with Gasteiger partial charge in [0.2, 0.25) is 0 Å². The fraction of sp³-hybridized carbons (Fsp3) is 0.500. The zero-order valence-electron chi connectivity index (χ0n) is 12.0. The van der Waals surface area contributed by atoms with Gasteiger partial charge in [-0.05, 0) is 39.8 Å². The number of carbonyl (C=O) groups excluding carboxylic acids is 1. The summed E-state index contributed by atoms with van der Waals surface area (Å²) in [5, 5.41) is -0.734. The Hall–Kier alpha value is -1.17. The molecule has 1 aromatic rings. The quantitative estimate of drug-likeness (QED) is 0.438. The third-order valence-electron chi connectivity index (χ3n) is 2.71. The van der Waals surface area contributed by atoms with Crippen LogP contribution < -0.4 is 4.74 Å². The summed E-state index contributed by atoms with van der Waals surface area (Å²) in [5.41, 5.74) is 0. The smallest absolute Gasteiger partial charge is 0.338 e. The number of rotatable bonds is 7. The monoisotopic (exact) mass is 282 g/mol. The normalized spacial score (nSPS) is 11.6. The molecular weight excluding hydrogens is 260 g/mol. The topological polar surface area (TPSA) is 44.8 Å². The van der Waals surface area contributed by atoms with E-state index >= 15 is 0 Å². The lowest BCUT2D eigenvalue weighted by Gasteiger charge is -2.29. The molecule has 19 heavy (non-hydrogen) atoms. The minimum atomic E-state index is -2.12. The lowest BCUT2D eigenvalue weighted by molar-refractivity contribution is -0.138. The Morgan fingerprint density at radius 2 is 1.63 bits per heavy atom. The van der Waals surface area contributed by atoms with Crippen molar-refractivity contribution in [2.45, 2.75) is 32.7 Å². The van der Waals surface area contributed by atoms with E-state index in [9.17, 15) is 4.79 Å². The highest BCUT2D eigenvalue weighted by Gasteiger charge is 2.43. The van der Waals surface area contributed by atoms with Crippen molar-refractivity contribution < 1.29 is 18.4 Å². The Morgan fingerprint density at radius 3 is 2.11 bits per heavy atom. The largest absolute Gasteiger partial charge is 0.426 e. The van der Waals surface area contributed by atoms with Gasteiger partial charge in [-0.25, -0.2) is 0 Å². The third-order valence-corrected chi connectivity index (χ3v) is 5.39. The molecular formula is C14H22O4Si. The summed E-state index contributed by atoms with van der Waals surface area (Å²) in [7, 11) is -2.12. The Morgan fingerprint density at radius 1 is 1.11 bits per heavy atom. The first kappa shape index (κ1) is 15.9. The van der Waals surface area contributed by atoms with Crippen LogP contribution in [0.5, 0.6) is 5.75 Å². The summed E-state index contributed by atoms with van der Waals surface area (Å²) in [6.07, 6.45) is 0. The van der Waals surface area contributed by atoms with Gasteiger partial charge in [0.1, 0.15) is 10.8 Å². The van der Waals surface area contributed by atoms with E-state index in [2.05, 4.69) is 0 Å². The second-order valence-electron chi connectivity index (χ2n) is 4.67. The summed E-state index contributed by atoms with van der Waals surface area (Å²) in [4.78, 5) is 12.3. The molecule has 0 atom stereocenters. The molecule has 5 heteroatoms. The molecule has 0 heterocycles. The van der Waals surface area contributed by atoms with Crippen molar-refractivity contribution >= 4 is 15.3 Å². The lowest BCUT2D eigenvalue weighted by atomic mass is 10.2. The van der Waals surface area contributed by atoms with Crippen molar-refractivity contribution in [2.75, 3.05) is 13.2 Å². The van der Waals surface area contributed by atoms with E-state index in [0.717, 1.165) is 0 Å². The molecule has 0 N–H and O–H groups in total. The van der Waals surface area contributed by atoms with E-state index < -0.39 is 14.3 Å². The van der Waals surface area contributed by atoms with Crippen molar-refractivity contribution in [2.24, 2.45) is 0 Å². The number of carbonyl (C=O) groups is 1. The predicted octanol–water partition coefficient (Wildman–Crippen LogP) is 2.67. The molecule has 0 unspecified atom stereocenters. The maximum absolute atomic E-state index is 12.3.